The first kappa shape index (κ1) is 13.6. The van der Waals surface area contributed by atoms with Gasteiger partial charge in [0.25, 0.3) is 0 Å². The van der Waals surface area contributed by atoms with Gasteiger partial charge in [-0.1, -0.05) is 5.16 Å². The maximum absolute atomic E-state index is 10.9. The average molecular weight is 286 g/mol. The third kappa shape index (κ3) is 4.32. The van der Waals surface area contributed by atoms with Crippen LogP contribution in [0, 0.1) is 0 Å². The number of oxime groups is 1. The fraction of sp³-hybridized carbons (Fsp3) is 0.833. The van der Waals surface area contributed by atoms with Crippen molar-refractivity contribution in [2.24, 2.45) is 5.16 Å². The monoisotopic (exact) mass is 286 g/mol. The van der Waals surface area contributed by atoms with Crippen molar-refractivity contribution < 1.29 is 28.7 Å². The minimum absolute atomic E-state index is 0.0792. The largest absolute Gasteiger partial charge is 0.476 e. The molecule has 4 rings (SSSR count). The molecule has 20 heavy (non-hydrogen) atoms. The number of amides is 1. The first-order valence-electron chi connectivity index (χ1n) is 6.79. The van der Waals surface area contributed by atoms with Crippen LogP contribution in [0.4, 0.5) is 0 Å². The standard InChI is InChI=1S/2C6H9NO3/c1-2-10-7-6(1)9-4-5-3-8-5;8-6-1-2-10-7(6)3-5-4-9-5/h2*5H,1-4H2. The fourth-order valence-electron chi connectivity index (χ4n) is 1.70. The van der Waals surface area contributed by atoms with Crippen molar-refractivity contribution in [2.75, 3.05) is 39.6 Å². The first-order chi connectivity index (χ1) is 9.81. The second-order valence-corrected chi connectivity index (χ2v) is 4.83. The van der Waals surface area contributed by atoms with Gasteiger partial charge in [-0.25, -0.2) is 5.06 Å². The number of hydroxylamine groups is 2. The molecular weight excluding hydrogens is 268 g/mol. The van der Waals surface area contributed by atoms with Gasteiger partial charge in [0.2, 0.25) is 11.8 Å². The van der Waals surface area contributed by atoms with Crippen LogP contribution in [0.15, 0.2) is 5.16 Å². The zero-order valence-electron chi connectivity index (χ0n) is 11.2. The number of rotatable bonds is 4. The molecule has 112 valence electrons. The van der Waals surface area contributed by atoms with Crippen molar-refractivity contribution >= 4 is 11.8 Å². The van der Waals surface area contributed by atoms with Gasteiger partial charge in [0.15, 0.2) is 0 Å². The lowest BCUT2D eigenvalue weighted by Gasteiger charge is -2.10. The first-order valence-corrected chi connectivity index (χ1v) is 6.79. The summed E-state index contributed by atoms with van der Waals surface area (Å²) in [4.78, 5) is 20.6. The lowest BCUT2D eigenvalue weighted by atomic mass is 10.4. The minimum Gasteiger partial charge on any atom is -0.476 e. The van der Waals surface area contributed by atoms with E-state index in [1.807, 2.05) is 0 Å². The Morgan fingerprint density at radius 2 is 2.00 bits per heavy atom. The van der Waals surface area contributed by atoms with Gasteiger partial charge in [0.05, 0.1) is 39.2 Å². The van der Waals surface area contributed by atoms with Crippen molar-refractivity contribution in [1.29, 1.82) is 0 Å². The van der Waals surface area contributed by atoms with E-state index in [-0.39, 0.29) is 12.0 Å². The van der Waals surface area contributed by atoms with Gasteiger partial charge in [-0.15, -0.1) is 0 Å². The molecule has 4 aliphatic heterocycles. The highest BCUT2D eigenvalue weighted by Crippen LogP contribution is 2.15. The number of carbonyl (C=O) groups is 1. The van der Waals surface area contributed by atoms with Crippen LogP contribution in [0.25, 0.3) is 0 Å². The second-order valence-electron chi connectivity index (χ2n) is 4.83. The van der Waals surface area contributed by atoms with Crippen LogP contribution < -0.4 is 0 Å². The Bertz CT molecular complexity index is 380. The van der Waals surface area contributed by atoms with E-state index in [0.717, 1.165) is 19.6 Å². The highest BCUT2D eigenvalue weighted by molar-refractivity contribution is 5.76. The molecule has 0 N–H and O–H groups in total. The summed E-state index contributed by atoms with van der Waals surface area (Å²) in [6, 6.07) is 0. The Kier molecular flexibility index (Phi) is 4.34. The summed E-state index contributed by atoms with van der Waals surface area (Å²) in [5.74, 6) is 0.783. The van der Waals surface area contributed by atoms with E-state index in [1.165, 1.54) is 5.06 Å². The average Bonchev–Trinajstić information content (AvgIpc) is 3.36. The van der Waals surface area contributed by atoms with Gasteiger partial charge in [0, 0.05) is 0 Å². The summed E-state index contributed by atoms with van der Waals surface area (Å²) in [6.45, 7) is 4.02. The van der Waals surface area contributed by atoms with Gasteiger partial charge in [-0.3, -0.25) is 9.63 Å². The third-order valence-corrected chi connectivity index (χ3v) is 3.02. The zero-order valence-corrected chi connectivity index (χ0v) is 11.2. The lowest BCUT2D eigenvalue weighted by molar-refractivity contribution is -0.162. The molecule has 4 aliphatic rings. The summed E-state index contributed by atoms with van der Waals surface area (Å²) >= 11 is 0. The van der Waals surface area contributed by atoms with E-state index in [0.29, 0.717) is 44.8 Å². The molecule has 8 nitrogen and oxygen atoms in total. The van der Waals surface area contributed by atoms with Crippen LogP contribution >= 0.6 is 0 Å². The molecule has 0 aromatic carbocycles. The molecule has 2 unspecified atom stereocenters. The van der Waals surface area contributed by atoms with Crippen molar-refractivity contribution in [1.82, 2.24) is 5.06 Å². The predicted octanol–water partition coefficient (Wildman–Crippen LogP) is -0.315. The minimum atomic E-state index is 0.0792. The molecule has 0 aromatic heterocycles. The highest BCUT2D eigenvalue weighted by Gasteiger charge is 2.31. The molecule has 3 fully saturated rings. The highest BCUT2D eigenvalue weighted by atomic mass is 16.7. The van der Waals surface area contributed by atoms with Gasteiger partial charge >= 0.3 is 0 Å². The lowest BCUT2D eigenvalue weighted by Crippen LogP contribution is -2.27. The second kappa shape index (κ2) is 6.38. The summed E-state index contributed by atoms with van der Waals surface area (Å²) in [6.07, 6.45) is 1.87. The number of epoxide rings is 2. The van der Waals surface area contributed by atoms with Gasteiger partial charge in [-0.05, 0) is 0 Å². The third-order valence-electron chi connectivity index (χ3n) is 3.02. The number of hydrogen-bond acceptors (Lipinski definition) is 7. The maximum atomic E-state index is 10.9. The number of hydrogen-bond donors (Lipinski definition) is 0. The Morgan fingerprint density at radius 3 is 2.55 bits per heavy atom. The van der Waals surface area contributed by atoms with Crippen LogP contribution in [0.3, 0.4) is 0 Å². The Labute approximate surface area is 116 Å². The Morgan fingerprint density at radius 1 is 1.20 bits per heavy atom. The molecule has 2 atom stereocenters. The summed E-state index contributed by atoms with van der Waals surface area (Å²) in [7, 11) is 0. The van der Waals surface area contributed by atoms with Crippen LogP contribution in [0.2, 0.25) is 0 Å². The Hall–Kier alpha value is -1.38. The van der Waals surface area contributed by atoms with Gasteiger partial charge in [0.1, 0.15) is 25.4 Å². The SMILES string of the molecule is C1CC(OCC2CO2)=NO1.O=C1CCON1CC1CO1. The summed E-state index contributed by atoms with van der Waals surface area (Å²) in [5, 5.41) is 5.07. The molecule has 0 spiro atoms. The predicted molar refractivity (Wildman–Crippen MR) is 65.7 cm³/mol. The number of ether oxygens (including phenoxy) is 3. The molecular formula is C12H18N2O6. The normalized spacial score (nSPS) is 30.3. The van der Waals surface area contributed by atoms with Gasteiger partial charge < -0.3 is 19.0 Å². The van der Waals surface area contributed by atoms with Crippen LogP contribution in [0.1, 0.15) is 12.8 Å². The topological polar surface area (TPSA) is 85.4 Å². The quantitative estimate of drug-likeness (QED) is 0.659. The van der Waals surface area contributed by atoms with Crippen molar-refractivity contribution in [3.05, 3.63) is 0 Å². The molecule has 0 bridgehead atoms. The van der Waals surface area contributed by atoms with E-state index in [2.05, 4.69) is 5.16 Å². The van der Waals surface area contributed by atoms with Crippen LogP contribution in [-0.4, -0.2) is 68.7 Å². The van der Waals surface area contributed by atoms with E-state index in [4.69, 9.17) is 23.9 Å². The number of carbonyl (C=O) groups excluding carboxylic acids is 1. The molecule has 0 aromatic rings. The van der Waals surface area contributed by atoms with Crippen molar-refractivity contribution in [3.63, 3.8) is 0 Å². The molecule has 0 aliphatic carbocycles. The smallest absolute Gasteiger partial charge is 0.248 e. The number of nitrogens with zero attached hydrogens (tertiary/aromatic N) is 2. The van der Waals surface area contributed by atoms with Crippen molar-refractivity contribution in [2.45, 2.75) is 25.0 Å². The van der Waals surface area contributed by atoms with E-state index in [9.17, 15) is 4.79 Å². The molecule has 8 heteroatoms. The molecule has 1 amide bonds. The summed E-state index contributed by atoms with van der Waals surface area (Å²) in [5.41, 5.74) is 0. The van der Waals surface area contributed by atoms with E-state index in [1.54, 1.807) is 0 Å². The Balaban J connectivity index is 0.000000121. The molecule has 4 heterocycles. The van der Waals surface area contributed by atoms with Gasteiger partial charge in [-0.2, -0.15) is 0 Å². The van der Waals surface area contributed by atoms with Crippen LogP contribution in [0.5, 0.6) is 0 Å². The maximum Gasteiger partial charge on any atom is 0.248 e. The molecule has 0 saturated carbocycles. The van der Waals surface area contributed by atoms with Crippen molar-refractivity contribution in [3.8, 4) is 0 Å². The fourth-order valence-corrected chi connectivity index (χ4v) is 1.70. The summed E-state index contributed by atoms with van der Waals surface area (Å²) < 4.78 is 15.1. The zero-order chi connectivity index (χ0) is 13.8. The molecule has 3 saturated heterocycles. The van der Waals surface area contributed by atoms with E-state index >= 15 is 0 Å². The van der Waals surface area contributed by atoms with Crippen LogP contribution in [-0.2, 0) is 28.7 Å². The van der Waals surface area contributed by atoms with E-state index < -0.39 is 0 Å². The molecule has 0 radical (unpaired) electrons.